The molecule has 0 N–H and O–H groups in total. The summed E-state index contributed by atoms with van der Waals surface area (Å²) >= 11 is 1.23. The van der Waals surface area contributed by atoms with Crippen molar-refractivity contribution < 1.29 is 48.3 Å². The molecule has 0 heterocycles. The molecule has 0 aliphatic heterocycles. The zero-order valence-corrected chi connectivity index (χ0v) is 13.8. The molecule has 140 valence electrons. The second-order valence-corrected chi connectivity index (χ2v) is 6.38. The van der Waals surface area contributed by atoms with Crippen LogP contribution in [0.4, 0.5) is 48.3 Å². The lowest BCUT2D eigenvalue weighted by molar-refractivity contribution is -0.426. The van der Waals surface area contributed by atoms with Gasteiger partial charge in [0.1, 0.15) is 0 Å². The van der Waals surface area contributed by atoms with E-state index < -0.39 is 46.1 Å². The Kier molecular flexibility index (Phi) is 6.68. The molecule has 0 spiro atoms. The summed E-state index contributed by atoms with van der Waals surface area (Å²) in [6.45, 7) is 2.16. The molecule has 0 rings (SSSR count). The monoisotopic (exact) mass is 480 g/mol. The molecular weight excluding hydrogens is 468 g/mol. The number of rotatable bonds is 7. The van der Waals surface area contributed by atoms with Gasteiger partial charge in [-0.05, 0) is 12.8 Å². The van der Waals surface area contributed by atoms with Crippen molar-refractivity contribution in [1.82, 2.24) is 0 Å². The summed E-state index contributed by atoms with van der Waals surface area (Å²) in [5, 5.41) is 0. The Morgan fingerprint density at radius 3 is 1.30 bits per heavy atom. The largest absolute Gasteiger partial charge is 0.460 e. The third-order valence-electron chi connectivity index (χ3n) is 3.30. The zero-order valence-electron chi connectivity index (χ0n) is 11.6. The fraction of sp³-hybridized carbons (Fsp3) is 1.00. The first-order valence-electron chi connectivity index (χ1n) is 6.15. The Morgan fingerprint density at radius 1 is 0.652 bits per heavy atom. The smallest absolute Gasteiger partial charge is 0.199 e. The highest BCUT2D eigenvalue weighted by molar-refractivity contribution is 14.1. The lowest BCUT2D eigenvalue weighted by atomic mass is 9.85. The highest BCUT2D eigenvalue weighted by Crippen LogP contribution is 2.59. The summed E-state index contributed by atoms with van der Waals surface area (Å²) in [7, 11) is 0. The van der Waals surface area contributed by atoms with E-state index in [2.05, 4.69) is 0 Å². The molecule has 0 fully saturated rings. The molecule has 0 aliphatic carbocycles. The molecule has 0 aromatic rings. The second kappa shape index (κ2) is 6.70. The Labute approximate surface area is 137 Å². The van der Waals surface area contributed by atoms with Crippen LogP contribution in [0, 0.1) is 5.92 Å². The van der Waals surface area contributed by atoms with E-state index in [1.165, 1.54) is 29.5 Å². The predicted molar refractivity (Wildman–Crippen MR) is 67.7 cm³/mol. The van der Waals surface area contributed by atoms with Crippen LogP contribution >= 0.6 is 22.6 Å². The lowest BCUT2D eigenvalue weighted by Crippen LogP contribution is -2.68. The third-order valence-corrected chi connectivity index (χ3v) is 5.04. The van der Waals surface area contributed by atoms with Crippen molar-refractivity contribution in [3.05, 3.63) is 0 Å². The van der Waals surface area contributed by atoms with E-state index in [0.717, 1.165) is 6.92 Å². The van der Waals surface area contributed by atoms with Crippen molar-refractivity contribution in [1.29, 1.82) is 0 Å². The molecule has 0 amide bonds. The second-order valence-electron chi connectivity index (χ2n) is 4.78. The molecule has 0 nitrogen and oxygen atoms in total. The highest BCUT2D eigenvalue weighted by atomic mass is 127. The summed E-state index contributed by atoms with van der Waals surface area (Å²) in [6, 6.07) is 0. The van der Waals surface area contributed by atoms with Crippen LogP contribution in [0.15, 0.2) is 0 Å². The van der Waals surface area contributed by atoms with Gasteiger partial charge < -0.3 is 0 Å². The number of alkyl halides is 12. The first kappa shape index (κ1) is 23.0. The molecule has 2 atom stereocenters. The summed E-state index contributed by atoms with van der Waals surface area (Å²) in [5.74, 6) is -29.8. The van der Waals surface area contributed by atoms with E-state index in [1.807, 2.05) is 0 Å². The van der Waals surface area contributed by atoms with Crippen molar-refractivity contribution in [2.45, 2.75) is 60.5 Å². The standard InChI is InChI=1S/C11H12F11I/c1-3-5(6(23)4-2)7(12,13)8(14,15)9(16,17)10(18,19)11(20,21)22/h5-6H,3-4H2,1-2H3. The normalized spacial score (nSPS) is 18.0. The molecule has 0 saturated heterocycles. The minimum absolute atomic E-state index is 0.202. The molecule has 0 saturated carbocycles. The third kappa shape index (κ3) is 3.51. The molecule has 23 heavy (non-hydrogen) atoms. The van der Waals surface area contributed by atoms with Gasteiger partial charge in [-0.25, -0.2) is 0 Å². The van der Waals surface area contributed by atoms with Gasteiger partial charge in [0.15, 0.2) is 0 Å². The number of hydrogen-bond donors (Lipinski definition) is 0. The summed E-state index contributed by atoms with van der Waals surface area (Å²) in [5.41, 5.74) is 0. The summed E-state index contributed by atoms with van der Waals surface area (Å²) < 4.78 is 141. The lowest BCUT2D eigenvalue weighted by Gasteiger charge is -2.41. The van der Waals surface area contributed by atoms with Crippen molar-refractivity contribution in [3.63, 3.8) is 0 Å². The molecule has 0 radical (unpaired) electrons. The topological polar surface area (TPSA) is 0 Å². The van der Waals surface area contributed by atoms with Crippen molar-refractivity contribution in [2.75, 3.05) is 0 Å². The molecule has 12 heteroatoms. The van der Waals surface area contributed by atoms with Crippen LogP contribution in [0.2, 0.25) is 0 Å². The quantitative estimate of drug-likeness (QED) is 0.227. The van der Waals surface area contributed by atoms with E-state index in [0.29, 0.717) is 0 Å². The van der Waals surface area contributed by atoms with E-state index in [-0.39, 0.29) is 6.42 Å². The Balaban J connectivity index is 6.12. The van der Waals surface area contributed by atoms with Gasteiger partial charge in [-0.2, -0.15) is 48.3 Å². The molecule has 0 aromatic heterocycles. The van der Waals surface area contributed by atoms with Gasteiger partial charge in [0.25, 0.3) is 0 Å². The van der Waals surface area contributed by atoms with E-state index in [9.17, 15) is 48.3 Å². The minimum atomic E-state index is -7.32. The molecule has 0 aromatic carbocycles. The predicted octanol–water partition coefficient (Wildman–Crippen LogP) is 6.33. The van der Waals surface area contributed by atoms with Crippen LogP contribution in [0.3, 0.4) is 0 Å². The summed E-state index contributed by atoms with van der Waals surface area (Å²) in [6.07, 6.45) is -8.14. The average molecular weight is 480 g/mol. The fourth-order valence-electron chi connectivity index (χ4n) is 1.84. The molecule has 2 unspecified atom stereocenters. The van der Waals surface area contributed by atoms with Gasteiger partial charge in [0.2, 0.25) is 0 Å². The van der Waals surface area contributed by atoms with Gasteiger partial charge in [-0.1, -0.05) is 36.4 Å². The summed E-state index contributed by atoms with van der Waals surface area (Å²) in [4.78, 5) is 0. The van der Waals surface area contributed by atoms with Crippen LogP contribution in [-0.4, -0.2) is 33.8 Å². The maximum Gasteiger partial charge on any atom is 0.460 e. The SMILES string of the molecule is CCC(I)C(CC)C(F)(F)C(F)(F)C(F)(F)C(F)(F)C(F)(F)F. The molecule has 0 aliphatic rings. The molecule has 0 bridgehead atoms. The van der Waals surface area contributed by atoms with Gasteiger partial charge in [0.05, 0.1) is 0 Å². The Hall–Kier alpha value is -0.0400. The van der Waals surface area contributed by atoms with E-state index in [4.69, 9.17) is 0 Å². The molecular formula is C11H12F11I. The van der Waals surface area contributed by atoms with Crippen LogP contribution < -0.4 is 0 Å². The van der Waals surface area contributed by atoms with Crippen LogP contribution in [0.5, 0.6) is 0 Å². The first-order valence-corrected chi connectivity index (χ1v) is 7.40. The average Bonchev–Trinajstić information content (AvgIpc) is 2.36. The number of hydrogen-bond acceptors (Lipinski definition) is 0. The minimum Gasteiger partial charge on any atom is -0.199 e. The zero-order chi connectivity index (χ0) is 19.1. The first-order chi connectivity index (χ1) is 9.93. The van der Waals surface area contributed by atoms with Gasteiger partial charge in [-0.3, -0.25) is 0 Å². The van der Waals surface area contributed by atoms with E-state index >= 15 is 0 Å². The number of halogens is 12. The maximum atomic E-state index is 13.8. The van der Waals surface area contributed by atoms with Crippen molar-refractivity contribution >= 4 is 22.6 Å². The van der Waals surface area contributed by atoms with Crippen LogP contribution in [0.1, 0.15) is 26.7 Å². The van der Waals surface area contributed by atoms with Crippen LogP contribution in [-0.2, 0) is 0 Å². The van der Waals surface area contributed by atoms with Crippen molar-refractivity contribution in [2.24, 2.45) is 5.92 Å². The van der Waals surface area contributed by atoms with Gasteiger partial charge in [0, 0.05) is 9.84 Å². The Bertz CT molecular complexity index is 401. The highest BCUT2D eigenvalue weighted by Gasteiger charge is 2.87. The van der Waals surface area contributed by atoms with Gasteiger partial charge in [-0.15, -0.1) is 0 Å². The van der Waals surface area contributed by atoms with Crippen molar-refractivity contribution in [3.8, 4) is 0 Å². The van der Waals surface area contributed by atoms with Gasteiger partial charge >= 0.3 is 29.9 Å². The maximum absolute atomic E-state index is 13.8. The fourth-order valence-corrected chi connectivity index (χ4v) is 2.80. The van der Waals surface area contributed by atoms with E-state index in [1.54, 1.807) is 0 Å². The van der Waals surface area contributed by atoms with Crippen LogP contribution in [0.25, 0.3) is 0 Å². The Morgan fingerprint density at radius 2 is 1.04 bits per heavy atom.